The SMILES string of the molecule is C=C1C(F)=CC(c2ccccc2)=C(c2c(F)cncc2F)N1C.CC. The first kappa shape index (κ1) is 18.5. The van der Waals surface area contributed by atoms with Gasteiger partial charge in [-0.3, -0.25) is 4.98 Å². The Morgan fingerprint density at radius 2 is 1.52 bits per heavy atom. The number of aromatic nitrogens is 1. The monoisotopic (exact) mass is 344 g/mol. The molecule has 25 heavy (non-hydrogen) atoms. The number of hydrogen-bond donors (Lipinski definition) is 0. The zero-order valence-corrected chi connectivity index (χ0v) is 14.4. The minimum absolute atomic E-state index is 0.0373. The van der Waals surface area contributed by atoms with Crippen LogP contribution in [-0.2, 0) is 0 Å². The Labute approximate surface area is 145 Å². The van der Waals surface area contributed by atoms with Crippen molar-refractivity contribution in [3.63, 3.8) is 0 Å². The van der Waals surface area contributed by atoms with Gasteiger partial charge in [0, 0.05) is 12.6 Å². The third kappa shape index (κ3) is 3.50. The predicted octanol–water partition coefficient (Wildman–Crippen LogP) is 5.57. The van der Waals surface area contributed by atoms with Crippen molar-refractivity contribution in [2.75, 3.05) is 7.05 Å². The Hall–Kier alpha value is -2.82. The van der Waals surface area contributed by atoms with Crippen LogP contribution in [0, 0.1) is 11.6 Å². The summed E-state index contributed by atoms with van der Waals surface area (Å²) in [4.78, 5) is 4.84. The molecule has 0 atom stereocenters. The maximum atomic E-state index is 14.2. The van der Waals surface area contributed by atoms with Gasteiger partial charge in [-0.05, 0) is 11.6 Å². The van der Waals surface area contributed by atoms with Crippen molar-refractivity contribution >= 4 is 11.3 Å². The van der Waals surface area contributed by atoms with Gasteiger partial charge in [-0.2, -0.15) is 0 Å². The first-order valence-electron chi connectivity index (χ1n) is 7.90. The lowest BCUT2D eigenvalue weighted by molar-refractivity contribution is 0.511. The van der Waals surface area contributed by atoms with Crippen molar-refractivity contribution in [2.45, 2.75) is 13.8 Å². The average molecular weight is 344 g/mol. The van der Waals surface area contributed by atoms with Crippen molar-refractivity contribution in [3.05, 3.63) is 89.7 Å². The van der Waals surface area contributed by atoms with Gasteiger partial charge in [0.2, 0.25) is 0 Å². The van der Waals surface area contributed by atoms with Gasteiger partial charge in [0.15, 0.2) is 11.6 Å². The van der Waals surface area contributed by atoms with E-state index in [-0.39, 0.29) is 17.0 Å². The summed E-state index contributed by atoms with van der Waals surface area (Å²) in [7, 11) is 1.52. The van der Waals surface area contributed by atoms with Gasteiger partial charge >= 0.3 is 0 Å². The highest BCUT2D eigenvalue weighted by Crippen LogP contribution is 2.39. The van der Waals surface area contributed by atoms with Gasteiger partial charge in [-0.15, -0.1) is 0 Å². The van der Waals surface area contributed by atoms with Crippen LogP contribution in [0.15, 0.2) is 66.9 Å². The normalized spacial score (nSPS) is 14.1. The van der Waals surface area contributed by atoms with Crippen LogP contribution in [-0.4, -0.2) is 16.9 Å². The number of pyridine rings is 1. The second kappa shape index (κ2) is 7.83. The Morgan fingerprint density at radius 3 is 2.08 bits per heavy atom. The molecule has 0 bridgehead atoms. The van der Waals surface area contributed by atoms with E-state index in [0.29, 0.717) is 11.1 Å². The smallest absolute Gasteiger partial charge is 0.153 e. The topological polar surface area (TPSA) is 16.1 Å². The van der Waals surface area contributed by atoms with Gasteiger partial charge in [0.25, 0.3) is 0 Å². The first-order valence-corrected chi connectivity index (χ1v) is 7.90. The van der Waals surface area contributed by atoms with Gasteiger partial charge in [0.1, 0.15) is 5.83 Å². The number of likely N-dealkylation sites (N-methyl/N-ethyl adjacent to an activating group) is 1. The highest BCUT2D eigenvalue weighted by Gasteiger charge is 2.28. The Kier molecular flexibility index (Phi) is 5.80. The molecule has 0 saturated heterocycles. The van der Waals surface area contributed by atoms with Crippen molar-refractivity contribution in [2.24, 2.45) is 0 Å². The number of halogens is 3. The highest BCUT2D eigenvalue weighted by atomic mass is 19.1. The van der Waals surface area contributed by atoms with Crippen LogP contribution < -0.4 is 0 Å². The van der Waals surface area contributed by atoms with E-state index >= 15 is 0 Å². The summed E-state index contributed by atoms with van der Waals surface area (Å²) in [6.07, 6.45) is 3.10. The van der Waals surface area contributed by atoms with E-state index in [1.807, 2.05) is 19.9 Å². The zero-order chi connectivity index (χ0) is 18.6. The fraction of sp³-hybridized carbons (Fsp3) is 0.150. The molecule has 1 aliphatic rings. The molecule has 130 valence electrons. The summed E-state index contributed by atoms with van der Waals surface area (Å²) in [6, 6.07) is 8.85. The van der Waals surface area contributed by atoms with Gasteiger partial charge in [-0.1, -0.05) is 50.8 Å². The third-order valence-corrected chi connectivity index (χ3v) is 3.72. The summed E-state index contributed by atoms with van der Waals surface area (Å²) < 4.78 is 42.6. The van der Waals surface area contributed by atoms with Crippen molar-refractivity contribution in [1.29, 1.82) is 0 Å². The molecule has 0 amide bonds. The summed E-state index contributed by atoms with van der Waals surface area (Å²) in [6.45, 7) is 7.63. The van der Waals surface area contributed by atoms with Crippen LogP contribution in [0.25, 0.3) is 11.3 Å². The molecule has 5 heteroatoms. The fourth-order valence-electron chi connectivity index (χ4n) is 2.53. The number of benzene rings is 1. The molecule has 0 aliphatic carbocycles. The molecule has 2 nitrogen and oxygen atoms in total. The number of allylic oxidation sites excluding steroid dienone is 3. The molecule has 3 rings (SSSR count). The highest BCUT2D eigenvalue weighted by molar-refractivity contribution is 5.97. The van der Waals surface area contributed by atoms with E-state index in [0.717, 1.165) is 12.4 Å². The Bertz CT molecular complexity index is 819. The maximum absolute atomic E-state index is 14.2. The van der Waals surface area contributed by atoms with E-state index in [9.17, 15) is 13.2 Å². The van der Waals surface area contributed by atoms with Crippen LogP contribution in [0.1, 0.15) is 25.0 Å². The lowest BCUT2D eigenvalue weighted by atomic mass is 9.95. The molecule has 0 saturated carbocycles. The largest absolute Gasteiger partial charge is 0.342 e. The van der Waals surface area contributed by atoms with E-state index in [4.69, 9.17) is 0 Å². The number of hydrogen-bond acceptors (Lipinski definition) is 2. The van der Waals surface area contributed by atoms with E-state index in [2.05, 4.69) is 11.6 Å². The second-order valence-corrected chi connectivity index (χ2v) is 5.10. The lowest BCUT2D eigenvalue weighted by Gasteiger charge is -2.30. The Balaban J connectivity index is 0.00000109. The third-order valence-electron chi connectivity index (χ3n) is 3.72. The molecule has 2 aromatic rings. The van der Waals surface area contributed by atoms with Crippen LogP contribution in [0.5, 0.6) is 0 Å². The van der Waals surface area contributed by atoms with Crippen LogP contribution in [0.3, 0.4) is 0 Å². The average Bonchev–Trinajstić information content (AvgIpc) is 2.63. The summed E-state index contributed by atoms with van der Waals surface area (Å²) in [5.41, 5.74) is 1.01. The van der Waals surface area contributed by atoms with E-state index < -0.39 is 17.5 Å². The molecule has 0 fully saturated rings. The molecule has 0 radical (unpaired) electrons. The van der Waals surface area contributed by atoms with Gasteiger partial charge in [-0.25, -0.2) is 13.2 Å². The molecular weight excluding hydrogens is 325 g/mol. The van der Waals surface area contributed by atoms with Crippen LogP contribution >= 0.6 is 0 Å². The molecule has 1 aliphatic heterocycles. The fourth-order valence-corrected chi connectivity index (χ4v) is 2.53. The summed E-state index contributed by atoms with van der Waals surface area (Å²) in [5.74, 6) is -2.18. The minimum atomic E-state index is -0.816. The molecule has 0 spiro atoms. The first-order chi connectivity index (χ1) is 12.0. The Morgan fingerprint density at radius 1 is 0.960 bits per heavy atom. The second-order valence-electron chi connectivity index (χ2n) is 5.10. The minimum Gasteiger partial charge on any atom is -0.342 e. The molecule has 1 aromatic carbocycles. The summed E-state index contributed by atoms with van der Waals surface area (Å²) in [5, 5.41) is 0. The predicted molar refractivity (Wildman–Crippen MR) is 94.9 cm³/mol. The number of rotatable bonds is 2. The van der Waals surface area contributed by atoms with Crippen molar-refractivity contribution < 1.29 is 13.2 Å². The molecule has 2 heterocycles. The molecule has 1 aromatic heterocycles. The number of nitrogens with zero attached hydrogens (tertiary/aromatic N) is 2. The molecule has 0 unspecified atom stereocenters. The van der Waals surface area contributed by atoms with E-state index in [1.54, 1.807) is 24.3 Å². The summed E-state index contributed by atoms with van der Waals surface area (Å²) >= 11 is 0. The zero-order valence-electron chi connectivity index (χ0n) is 14.4. The quantitative estimate of drug-likeness (QED) is 0.708. The van der Waals surface area contributed by atoms with Crippen molar-refractivity contribution in [3.8, 4) is 0 Å². The van der Waals surface area contributed by atoms with E-state index in [1.165, 1.54) is 18.0 Å². The van der Waals surface area contributed by atoms with Crippen LogP contribution in [0.4, 0.5) is 13.2 Å². The molecular formula is C20H19F3N2. The maximum Gasteiger partial charge on any atom is 0.153 e. The molecule has 0 N–H and O–H groups in total. The van der Waals surface area contributed by atoms with Crippen molar-refractivity contribution in [1.82, 2.24) is 9.88 Å². The van der Waals surface area contributed by atoms with Crippen LogP contribution in [0.2, 0.25) is 0 Å². The van der Waals surface area contributed by atoms with Gasteiger partial charge < -0.3 is 4.90 Å². The lowest BCUT2D eigenvalue weighted by Crippen LogP contribution is -2.22. The van der Waals surface area contributed by atoms with Gasteiger partial charge in [0.05, 0.1) is 29.4 Å². The standard InChI is InChI=1S/C18H13F3N2.C2H6/c1-11-14(19)8-13(12-6-4-3-5-7-12)18(23(11)2)17-15(20)9-22-10-16(17)21;1-2/h3-10H,1H2,2H3;1-2H3.